The summed E-state index contributed by atoms with van der Waals surface area (Å²) in [5.41, 5.74) is 3.10. The molecule has 0 aliphatic carbocycles. The minimum Gasteiger partial charge on any atom is -0.335 e. The lowest BCUT2D eigenvalue weighted by molar-refractivity contribution is 0.0667. The largest absolute Gasteiger partial charge is 0.335 e. The van der Waals surface area contributed by atoms with Crippen molar-refractivity contribution in [1.29, 1.82) is 0 Å². The molecule has 0 saturated carbocycles. The Bertz CT molecular complexity index is 888. The Hall–Kier alpha value is -2.76. The molecule has 1 saturated heterocycles. The number of aromatic nitrogens is 4. The number of carbonyl (C=O) groups excluding carboxylic acids is 1. The minimum atomic E-state index is -0.0539. The molecular formula is C18H19N5O. The maximum Gasteiger partial charge on any atom is 0.274 e. The van der Waals surface area contributed by atoms with Crippen LogP contribution in [0.3, 0.4) is 0 Å². The number of benzene rings is 1. The summed E-state index contributed by atoms with van der Waals surface area (Å²) in [5.74, 6) is -0.0539. The lowest BCUT2D eigenvalue weighted by atomic mass is 10.1. The van der Waals surface area contributed by atoms with Crippen molar-refractivity contribution in [2.45, 2.75) is 25.8 Å². The number of hydrogen-bond donors (Lipinski definition) is 0. The summed E-state index contributed by atoms with van der Waals surface area (Å²) in [4.78, 5) is 23.5. The number of likely N-dealkylation sites (tertiary alicyclic amines) is 1. The molecule has 1 aliphatic heterocycles. The van der Waals surface area contributed by atoms with E-state index in [2.05, 4.69) is 15.1 Å². The van der Waals surface area contributed by atoms with Gasteiger partial charge in [-0.2, -0.15) is 5.10 Å². The van der Waals surface area contributed by atoms with Crippen LogP contribution in [-0.2, 0) is 0 Å². The van der Waals surface area contributed by atoms with E-state index in [0.29, 0.717) is 12.2 Å². The lowest BCUT2D eigenvalue weighted by Gasteiger charge is -2.32. The van der Waals surface area contributed by atoms with Crippen molar-refractivity contribution < 1.29 is 4.79 Å². The Balaban J connectivity index is 1.56. The quantitative estimate of drug-likeness (QED) is 0.728. The van der Waals surface area contributed by atoms with Crippen molar-refractivity contribution in [3.05, 3.63) is 54.1 Å². The van der Waals surface area contributed by atoms with Crippen LogP contribution in [0.5, 0.6) is 0 Å². The van der Waals surface area contributed by atoms with Gasteiger partial charge in [0, 0.05) is 19.3 Å². The van der Waals surface area contributed by atoms with Gasteiger partial charge in [0.25, 0.3) is 5.91 Å². The standard InChI is InChI=1S/C18H19N5O/c1-13-9-20-23(11-13)14-5-4-8-22(12-14)18(24)17-10-19-15-6-2-3-7-16(15)21-17/h2-3,6-7,9-11,14H,4-5,8,12H2,1H3/t14-/m1/s1. The molecule has 0 radical (unpaired) electrons. The van der Waals surface area contributed by atoms with E-state index in [0.717, 1.165) is 36.0 Å². The van der Waals surface area contributed by atoms with Gasteiger partial charge in [-0.3, -0.25) is 14.5 Å². The fourth-order valence-electron chi connectivity index (χ4n) is 3.21. The average molecular weight is 321 g/mol. The highest BCUT2D eigenvalue weighted by atomic mass is 16.2. The molecule has 1 fully saturated rings. The van der Waals surface area contributed by atoms with Crippen molar-refractivity contribution in [3.8, 4) is 0 Å². The number of hydrogen-bond acceptors (Lipinski definition) is 4. The van der Waals surface area contributed by atoms with E-state index in [-0.39, 0.29) is 11.9 Å². The first-order valence-corrected chi connectivity index (χ1v) is 8.22. The first kappa shape index (κ1) is 14.8. The van der Waals surface area contributed by atoms with E-state index < -0.39 is 0 Å². The molecule has 6 nitrogen and oxygen atoms in total. The molecule has 1 aliphatic rings. The number of para-hydroxylation sites is 2. The molecule has 6 heteroatoms. The Labute approximate surface area is 140 Å². The van der Waals surface area contributed by atoms with Crippen molar-refractivity contribution in [1.82, 2.24) is 24.6 Å². The summed E-state index contributed by atoms with van der Waals surface area (Å²) in [6.07, 6.45) is 7.47. The van der Waals surface area contributed by atoms with E-state index in [1.54, 1.807) is 6.20 Å². The fraction of sp³-hybridized carbons (Fsp3) is 0.333. The highest BCUT2D eigenvalue weighted by Crippen LogP contribution is 2.22. The second-order valence-corrected chi connectivity index (χ2v) is 6.29. The lowest BCUT2D eigenvalue weighted by Crippen LogP contribution is -2.41. The molecule has 1 aromatic carbocycles. The van der Waals surface area contributed by atoms with Gasteiger partial charge in [-0.25, -0.2) is 4.98 Å². The predicted molar refractivity (Wildman–Crippen MR) is 90.7 cm³/mol. The third kappa shape index (κ3) is 2.75. The van der Waals surface area contributed by atoms with Crippen LogP contribution in [0.1, 0.15) is 34.9 Å². The van der Waals surface area contributed by atoms with Crippen LogP contribution in [-0.4, -0.2) is 43.6 Å². The van der Waals surface area contributed by atoms with E-state index in [4.69, 9.17) is 0 Å². The van der Waals surface area contributed by atoms with Gasteiger partial charge in [-0.15, -0.1) is 0 Å². The number of nitrogens with zero attached hydrogens (tertiary/aromatic N) is 5. The van der Waals surface area contributed by atoms with Crippen LogP contribution in [0, 0.1) is 6.92 Å². The average Bonchev–Trinajstić information content (AvgIpc) is 3.07. The van der Waals surface area contributed by atoms with Gasteiger partial charge in [0.15, 0.2) is 0 Å². The summed E-state index contributed by atoms with van der Waals surface area (Å²) in [5, 5.41) is 4.40. The Morgan fingerprint density at radius 2 is 2.04 bits per heavy atom. The molecule has 4 rings (SSSR count). The van der Waals surface area contributed by atoms with Crippen LogP contribution >= 0.6 is 0 Å². The summed E-state index contributed by atoms with van der Waals surface area (Å²) >= 11 is 0. The SMILES string of the molecule is Cc1cnn([C@@H]2CCCN(C(=O)c3cnc4ccccc4n3)C2)c1. The molecular weight excluding hydrogens is 302 g/mol. The summed E-state index contributed by atoms with van der Waals surface area (Å²) < 4.78 is 1.97. The number of piperidine rings is 1. The van der Waals surface area contributed by atoms with Crippen LogP contribution in [0.25, 0.3) is 11.0 Å². The van der Waals surface area contributed by atoms with Crippen molar-refractivity contribution in [3.63, 3.8) is 0 Å². The summed E-state index contributed by atoms with van der Waals surface area (Å²) in [6.45, 7) is 3.44. The normalized spacial score (nSPS) is 18.0. The van der Waals surface area contributed by atoms with E-state index in [9.17, 15) is 4.79 Å². The highest BCUT2D eigenvalue weighted by Gasteiger charge is 2.26. The second-order valence-electron chi connectivity index (χ2n) is 6.29. The molecule has 0 unspecified atom stereocenters. The fourth-order valence-corrected chi connectivity index (χ4v) is 3.21. The first-order valence-electron chi connectivity index (χ1n) is 8.22. The molecule has 0 bridgehead atoms. The van der Waals surface area contributed by atoms with Gasteiger partial charge < -0.3 is 4.90 Å². The molecule has 0 spiro atoms. The second kappa shape index (κ2) is 6.03. The van der Waals surface area contributed by atoms with Gasteiger partial charge in [-0.05, 0) is 37.5 Å². The molecule has 0 N–H and O–H groups in total. The predicted octanol–water partition coefficient (Wildman–Crippen LogP) is 2.61. The third-order valence-corrected chi connectivity index (χ3v) is 4.46. The molecule has 3 heterocycles. The number of carbonyl (C=O) groups is 1. The van der Waals surface area contributed by atoms with Crippen molar-refractivity contribution in [2.75, 3.05) is 13.1 Å². The Morgan fingerprint density at radius 1 is 1.21 bits per heavy atom. The topological polar surface area (TPSA) is 63.9 Å². The van der Waals surface area contributed by atoms with E-state index in [1.807, 2.05) is 53.2 Å². The number of amides is 1. The van der Waals surface area contributed by atoms with Crippen LogP contribution < -0.4 is 0 Å². The zero-order valence-electron chi connectivity index (χ0n) is 13.6. The first-order chi connectivity index (χ1) is 11.7. The molecule has 1 atom stereocenters. The molecule has 24 heavy (non-hydrogen) atoms. The zero-order chi connectivity index (χ0) is 16.5. The van der Waals surface area contributed by atoms with Gasteiger partial charge in [0.1, 0.15) is 5.69 Å². The van der Waals surface area contributed by atoms with Gasteiger partial charge in [-0.1, -0.05) is 12.1 Å². The summed E-state index contributed by atoms with van der Waals surface area (Å²) in [7, 11) is 0. The number of rotatable bonds is 2. The minimum absolute atomic E-state index is 0.0539. The maximum absolute atomic E-state index is 12.8. The number of aryl methyl sites for hydroxylation is 1. The molecule has 1 amide bonds. The van der Waals surface area contributed by atoms with Crippen LogP contribution in [0.4, 0.5) is 0 Å². The van der Waals surface area contributed by atoms with Gasteiger partial charge >= 0.3 is 0 Å². The zero-order valence-corrected chi connectivity index (χ0v) is 13.6. The highest BCUT2D eigenvalue weighted by molar-refractivity contribution is 5.93. The molecule has 122 valence electrons. The number of fused-ring (bicyclic) bond motifs is 1. The molecule has 3 aromatic rings. The van der Waals surface area contributed by atoms with Crippen LogP contribution in [0.2, 0.25) is 0 Å². The van der Waals surface area contributed by atoms with E-state index >= 15 is 0 Å². The van der Waals surface area contributed by atoms with E-state index in [1.165, 1.54) is 0 Å². The van der Waals surface area contributed by atoms with Crippen molar-refractivity contribution in [2.24, 2.45) is 0 Å². The smallest absolute Gasteiger partial charge is 0.274 e. The summed E-state index contributed by atoms with van der Waals surface area (Å²) in [6, 6.07) is 7.82. The van der Waals surface area contributed by atoms with Gasteiger partial charge in [0.2, 0.25) is 0 Å². The molecule has 2 aromatic heterocycles. The monoisotopic (exact) mass is 321 g/mol. The third-order valence-electron chi connectivity index (χ3n) is 4.46. The van der Waals surface area contributed by atoms with Gasteiger partial charge in [0.05, 0.1) is 29.5 Å². The Kier molecular flexibility index (Phi) is 3.72. The van der Waals surface area contributed by atoms with Crippen molar-refractivity contribution >= 4 is 16.9 Å². The van der Waals surface area contributed by atoms with Crippen LogP contribution in [0.15, 0.2) is 42.9 Å². The Morgan fingerprint density at radius 3 is 2.83 bits per heavy atom. The maximum atomic E-state index is 12.8.